The molecule has 3 rings (SSSR count). The molecule has 0 aliphatic carbocycles. The summed E-state index contributed by atoms with van der Waals surface area (Å²) in [5.74, 6) is 1.91. The molecule has 1 amide bonds. The molecular formula is C23H24N2O3. The highest BCUT2D eigenvalue weighted by molar-refractivity contribution is 6.05. The third-order valence-electron chi connectivity index (χ3n) is 4.28. The number of carbonyl (C=O) groups excluding carboxylic acids is 1. The molecule has 0 spiro atoms. The van der Waals surface area contributed by atoms with E-state index in [4.69, 9.17) is 9.47 Å². The number of nitrogens with zero attached hydrogens (tertiary/aromatic N) is 1. The monoisotopic (exact) mass is 376 g/mol. The van der Waals surface area contributed by atoms with Crippen LogP contribution in [0.25, 0.3) is 0 Å². The van der Waals surface area contributed by atoms with Crippen LogP contribution in [0.1, 0.15) is 35.1 Å². The number of amides is 1. The average molecular weight is 376 g/mol. The summed E-state index contributed by atoms with van der Waals surface area (Å²) in [6.45, 7) is 3.97. The summed E-state index contributed by atoms with van der Waals surface area (Å²) in [7, 11) is 1.62. The number of hydrogen-bond donors (Lipinski definition) is 1. The van der Waals surface area contributed by atoms with E-state index in [1.165, 1.54) is 0 Å². The van der Waals surface area contributed by atoms with Gasteiger partial charge in [-0.25, -0.2) is 0 Å². The van der Waals surface area contributed by atoms with Gasteiger partial charge in [-0.05, 0) is 61.9 Å². The fourth-order valence-corrected chi connectivity index (χ4v) is 2.86. The van der Waals surface area contributed by atoms with Gasteiger partial charge in [-0.3, -0.25) is 9.78 Å². The highest BCUT2D eigenvalue weighted by Crippen LogP contribution is 2.26. The highest BCUT2D eigenvalue weighted by atomic mass is 16.5. The van der Waals surface area contributed by atoms with Crippen LogP contribution in [-0.4, -0.2) is 18.0 Å². The average Bonchev–Trinajstić information content (AvgIpc) is 2.69. The van der Waals surface area contributed by atoms with Crippen molar-refractivity contribution < 1.29 is 14.3 Å². The normalized spacial score (nSPS) is 10.4. The summed E-state index contributed by atoms with van der Waals surface area (Å²) in [4.78, 5) is 17.2. The van der Waals surface area contributed by atoms with Crippen LogP contribution in [0.3, 0.4) is 0 Å². The first-order chi connectivity index (χ1) is 13.6. The van der Waals surface area contributed by atoms with Crippen molar-refractivity contribution in [1.29, 1.82) is 0 Å². The molecule has 28 heavy (non-hydrogen) atoms. The Hall–Kier alpha value is -3.34. The first kappa shape index (κ1) is 19.4. The number of nitrogens with one attached hydrogen (secondary N) is 1. The highest BCUT2D eigenvalue weighted by Gasteiger charge is 2.11. The topological polar surface area (TPSA) is 60.5 Å². The molecule has 0 aliphatic rings. The number of ether oxygens (including phenoxy) is 2. The minimum absolute atomic E-state index is 0.186. The summed E-state index contributed by atoms with van der Waals surface area (Å²) in [5.41, 5.74) is 2.97. The minimum Gasteiger partial charge on any atom is -0.497 e. The van der Waals surface area contributed by atoms with Crippen LogP contribution >= 0.6 is 0 Å². The lowest BCUT2D eigenvalue weighted by molar-refractivity contribution is 0.102. The quantitative estimate of drug-likeness (QED) is 0.600. The smallest absolute Gasteiger partial charge is 0.257 e. The standard InChI is InChI=1S/C23H24N2O3/c1-4-6-17-9-14-22(16(2)24-17)23(26)25-18-7-5-8-21(15-18)28-20-12-10-19(27-3)11-13-20/h5,7-15H,4,6H2,1-3H3,(H,25,26). The van der Waals surface area contributed by atoms with Crippen molar-refractivity contribution in [1.82, 2.24) is 4.98 Å². The molecule has 0 atom stereocenters. The van der Waals surface area contributed by atoms with Gasteiger partial charge in [0.1, 0.15) is 17.2 Å². The number of methoxy groups -OCH3 is 1. The molecule has 0 aliphatic heterocycles. The maximum absolute atomic E-state index is 12.6. The zero-order valence-corrected chi connectivity index (χ0v) is 16.4. The maximum Gasteiger partial charge on any atom is 0.257 e. The summed E-state index contributed by atoms with van der Waals surface area (Å²) in [6.07, 6.45) is 1.94. The van der Waals surface area contributed by atoms with Crippen LogP contribution in [-0.2, 0) is 6.42 Å². The number of benzene rings is 2. The second-order valence-electron chi connectivity index (χ2n) is 6.45. The van der Waals surface area contributed by atoms with Gasteiger partial charge in [-0.1, -0.05) is 19.4 Å². The Morgan fingerprint density at radius 1 is 1.00 bits per heavy atom. The number of hydrogen-bond acceptors (Lipinski definition) is 4. The van der Waals surface area contributed by atoms with E-state index in [-0.39, 0.29) is 5.91 Å². The second kappa shape index (κ2) is 9.04. The summed E-state index contributed by atoms with van der Waals surface area (Å²) in [5, 5.41) is 2.92. The van der Waals surface area contributed by atoms with Gasteiger partial charge < -0.3 is 14.8 Å². The van der Waals surface area contributed by atoms with Gasteiger partial charge in [0, 0.05) is 17.4 Å². The second-order valence-corrected chi connectivity index (χ2v) is 6.45. The molecule has 1 heterocycles. The minimum atomic E-state index is -0.186. The molecule has 2 aromatic carbocycles. The van der Waals surface area contributed by atoms with E-state index >= 15 is 0 Å². The predicted octanol–water partition coefficient (Wildman–Crippen LogP) is 5.40. The Balaban J connectivity index is 1.70. The van der Waals surface area contributed by atoms with Crippen molar-refractivity contribution >= 4 is 11.6 Å². The van der Waals surface area contributed by atoms with E-state index in [1.54, 1.807) is 13.2 Å². The van der Waals surface area contributed by atoms with Crippen molar-refractivity contribution in [2.24, 2.45) is 0 Å². The first-order valence-electron chi connectivity index (χ1n) is 9.29. The molecule has 0 unspecified atom stereocenters. The Morgan fingerprint density at radius 3 is 2.43 bits per heavy atom. The lowest BCUT2D eigenvalue weighted by Crippen LogP contribution is -2.14. The van der Waals surface area contributed by atoms with Crippen LogP contribution in [0.15, 0.2) is 60.7 Å². The van der Waals surface area contributed by atoms with Gasteiger partial charge in [0.15, 0.2) is 0 Å². The van der Waals surface area contributed by atoms with E-state index < -0.39 is 0 Å². The zero-order valence-electron chi connectivity index (χ0n) is 16.4. The third kappa shape index (κ3) is 4.88. The SMILES string of the molecule is CCCc1ccc(C(=O)Nc2cccc(Oc3ccc(OC)cc3)c2)c(C)n1. The van der Waals surface area contributed by atoms with Crippen LogP contribution in [0, 0.1) is 6.92 Å². The van der Waals surface area contributed by atoms with Gasteiger partial charge in [0.2, 0.25) is 0 Å². The van der Waals surface area contributed by atoms with E-state index in [0.29, 0.717) is 22.7 Å². The van der Waals surface area contributed by atoms with Gasteiger partial charge in [0.25, 0.3) is 5.91 Å². The van der Waals surface area contributed by atoms with Gasteiger partial charge in [-0.15, -0.1) is 0 Å². The van der Waals surface area contributed by atoms with E-state index in [2.05, 4.69) is 17.2 Å². The van der Waals surface area contributed by atoms with Gasteiger partial charge >= 0.3 is 0 Å². The molecule has 5 nitrogen and oxygen atoms in total. The molecule has 0 radical (unpaired) electrons. The fraction of sp³-hybridized carbons (Fsp3) is 0.217. The van der Waals surface area contributed by atoms with Crippen LogP contribution < -0.4 is 14.8 Å². The van der Waals surface area contributed by atoms with E-state index in [9.17, 15) is 4.79 Å². The Morgan fingerprint density at radius 2 is 1.75 bits per heavy atom. The molecule has 0 fully saturated rings. The maximum atomic E-state index is 12.6. The van der Waals surface area contributed by atoms with Crippen LogP contribution in [0.5, 0.6) is 17.2 Å². The number of aryl methyl sites for hydroxylation is 2. The number of carbonyl (C=O) groups is 1. The van der Waals surface area contributed by atoms with Crippen molar-refractivity contribution in [2.45, 2.75) is 26.7 Å². The molecule has 3 aromatic rings. The molecule has 0 saturated carbocycles. The Kier molecular flexibility index (Phi) is 6.27. The molecule has 1 N–H and O–H groups in total. The molecule has 0 bridgehead atoms. The lowest BCUT2D eigenvalue weighted by atomic mass is 10.1. The Labute approximate surface area is 165 Å². The first-order valence-corrected chi connectivity index (χ1v) is 9.29. The van der Waals surface area contributed by atoms with E-state index in [0.717, 1.165) is 30.0 Å². The molecule has 1 aromatic heterocycles. The molecule has 0 saturated heterocycles. The number of rotatable bonds is 7. The van der Waals surface area contributed by atoms with Crippen LogP contribution in [0.4, 0.5) is 5.69 Å². The number of anilines is 1. The zero-order chi connectivity index (χ0) is 19.9. The van der Waals surface area contributed by atoms with Crippen molar-refractivity contribution in [3.05, 3.63) is 77.6 Å². The van der Waals surface area contributed by atoms with Gasteiger partial charge in [-0.2, -0.15) is 0 Å². The fourth-order valence-electron chi connectivity index (χ4n) is 2.86. The number of aromatic nitrogens is 1. The Bertz CT molecular complexity index is 952. The predicted molar refractivity (Wildman–Crippen MR) is 110 cm³/mol. The lowest BCUT2D eigenvalue weighted by Gasteiger charge is -2.11. The van der Waals surface area contributed by atoms with Crippen molar-refractivity contribution in [2.75, 3.05) is 12.4 Å². The third-order valence-corrected chi connectivity index (χ3v) is 4.28. The van der Waals surface area contributed by atoms with E-state index in [1.807, 2.05) is 61.5 Å². The molecule has 144 valence electrons. The molecular weight excluding hydrogens is 352 g/mol. The molecule has 5 heteroatoms. The van der Waals surface area contributed by atoms with Crippen LogP contribution in [0.2, 0.25) is 0 Å². The summed E-state index contributed by atoms with van der Waals surface area (Å²) in [6, 6.07) is 18.4. The largest absolute Gasteiger partial charge is 0.497 e. The summed E-state index contributed by atoms with van der Waals surface area (Å²) < 4.78 is 11.0. The van der Waals surface area contributed by atoms with Crippen molar-refractivity contribution in [3.8, 4) is 17.2 Å². The van der Waals surface area contributed by atoms with Gasteiger partial charge in [0.05, 0.1) is 18.4 Å². The number of pyridine rings is 1. The summed E-state index contributed by atoms with van der Waals surface area (Å²) >= 11 is 0. The van der Waals surface area contributed by atoms with Crippen molar-refractivity contribution in [3.63, 3.8) is 0 Å².